The Balaban J connectivity index is 1.20. The van der Waals surface area contributed by atoms with E-state index < -0.39 is 10.0 Å². The molecule has 0 atom stereocenters. The van der Waals surface area contributed by atoms with E-state index >= 15 is 0 Å². The number of ether oxygens (including phenoxy) is 1. The van der Waals surface area contributed by atoms with Crippen LogP contribution in [0.15, 0.2) is 76.8 Å². The topological polar surface area (TPSA) is 128 Å². The lowest BCUT2D eigenvalue weighted by atomic mass is 10.2. The standard InChI is InChI=1S/C25H26N6O5S/c32-24(20-6-8-21(9-7-20)37(34,35)30-12-14-36-15-13-30)26-10-11-31-23-22(16-28-31)25(33)29(18-27-23)17-19-4-2-1-3-5-19/h1-9,16,18H,10-15,17H2,(H,26,32). The molecule has 0 radical (unpaired) electrons. The van der Waals surface area contributed by atoms with Crippen molar-refractivity contribution in [1.82, 2.24) is 29.0 Å². The molecule has 1 saturated heterocycles. The van der Waals surface area contributed by atoms with Crippen molar-refractivity contribution in [3.63, 3.8) is 0 Å². The lowest BCUT2D eigenvalue weighted by Gasteiger charge is -2.26. The van der Waals surface area contributed by atoms with Crippen molar-refractivity contribution in [2.45, 2.75) is 18.0 Å². The number of carbonyl (C=O) groups is 1. The van der Waals surface area contributed by atoms with Gasteiger partial charge in [0, 0.05) is 25.2 Å². The molecule has 1 amide bonds. The van der Waals surface area contributed by atoms with Crippen LogP contribution in [-0.2, 0) is 27.8 Å². The highest BCUT2D eigenvalue weighted by molar-refractivity contribution is 7.89. The smallest absolute Gasteiger partial charge is 0.264 e. The van der Waals surface area contributed by atoms with Crippen molar-refractivity contribution in [3.8, 4) is 0 Å². The van der Waals surface area contributed by atoms with E-state index in [1.165, 1.54) is 45.7 Å². The van der Waals surface area contributed by atoms with Crippen LogP contribution >= 0.6 is 0 Å². The number of carbonyl (C=O) groups excluding carboxylic acids is 1. The Hall–Kier alpha value is -3.87. The molecule has 2 aromatic heterocycles. The highest BCUT2D eigenvalue weighted by Crippen LogP contribution is 2.17. The predicted octanol–water partition coefficient (Wildman–Crippen LogP) is 1.09. The fourth-order valence-corrected chi connectivity index (χ4v) is 5.55. The third-order valence-electron chi connectivity index (χ3n) is 6.15. The lowest BCUT2D eigenvalue weighted by Crippen LogP contribution is -2.40. The van der Waals surface area contributed by atoms with Gasteiger partial charge >= 0.3 is 0 Å². The molecule has 1 fully saturated rings. The Morgan fingerprint density at radius 2 is 1.76 bits per heavy atom. The fourth-order valence-electron chi connectivity index (χ4n) is 4.15. The van der Waals surface area contributed by atoms with E-state index in [0.717, 1.165) is 5.56 Å². The zero-order chi connectivity index (χ0) is 25.8. The van der Waals surface area contributed by atoms with E-state index in [0.29, 0.717) is 56.0 Å². The Bertz CT molecular complexity index is 1560. The highest BCUT2D eigenvalue weighted by atomic mass is 32.2. The number of fused-ring (bicyclic) bond motifs is 1. The van der Waals surface area contributed by atoms with Gasteiger partial charge in [0.25, 0.3) is 11.5 Å². The van der Waals surface area contributed by atoms with Crippen LogP contribution < -0.4 is 10.9 Å². The number of morpholine rings is 1. The first-order valence-corrected chi connectivity index (χ1v) is 13.3. The Labute approximate surface area is 213 Å². The number of aromatic nitrogens is 4. The van der Waals surface area contributed by atoms with Gasteiger partial charge in [-0.1, -0.05) is 30.3 Å². The number of benzene rings is 2. The number of nitrogens with zero attached hydrogens (tertiary/aromatic N) is 5. The average molecular weight is 523 g/mol. The predicted molar refractivity (Wildman–Crippen MR) is 136 cm³/mol. The summed E-state index contributed by atoms with van der Waals surface area (Å²) in [5.41, 5.74) is 1.60. The molecule has 4 aromatic rings. The summed E-state index contributed by atoms with van der Waals surface area (Å²) in [5.74, 6) is -0.343. The van der Waals surface area contributed by atoms with Gasteiger partial charge in [-0.3, -0.25) is 14.2 Å². The zero-order valence-corrected chi connectivity index (χ0v) is 20.8. The summed E-state index contributed by atoms with van der Waals surface area (Å²) in [5, 5.41) is 7.47. The molecule has 0 unspecified atom stereocenters. The summed E-state index contributed by atoms with van der Waals surface area (Å²) in [6.45, 7) is 2.32. The van der Waals surface area contributed by atoms with E-state index in [1.54, 1.807) is 4.68 Å². The van der Waals surface area contributed by atoms with Crippen molar-refractivity contribution < 1.29 is 17.9 Å². The van der Waals surface area contributed by atoms with Crippen LogP contribution in [0.2, 0.25) is 0 Å². The van der Waals surface area contributed by atoms with Crippen LogP contribution in [0.5, 0.6) is 0 Å². The van der Waals surface area contributed by atoms with Gasteiger partial charge in [-0.05, 0) is 29.8 Å². The molecule has 0 saturated carbocycles. The minimum Gasteiger partial charge on any atom is -0.379 e. The van der Waals surface area contributed by atoms with Crippen LogP contribution in [0, 0.1) is 0 Å². The number of hydrogen-bond donors (Lipinski definition) is 1. The van der Waals surface area contributed by atoms with Crippen LogP contribution in [-0.4, -0.2) is 70.8 Å². The number of amides is 1. The van der Waals surface area contributed by atoms with Gasteiger partial charge in [0.15, 0.2) is 5.65 Å². The van der Waals surface area contributed by atoms with Gasteiger partial charge in [0.2, 0.25) is 10.0 Å². The second-order valence-electron chi connectivity index (χ2n) is 8.56. The van der Waals surface area contributed by atoms with E-state index in [1.807, 2.05) is 30.3 Å². The first-order chi connectivity index (χ1) is 17.9. The van der Waals surface area contributed by atoms with Crippen LogP contribution in [0.4, 0.5) is 0 Å². The van der Waals surface area contributed by atoms with E-state index in [2.05, 4.69) is 15.4 Å². The molecule has 3 heterocycles. The Morgan fingerprint density at radius 1 is 1.03 bits per heavy atom. The minimum atomic E-state index is -3.62. The second kappa shape index (κ2) is 10.6. The van der Waals surface area contributed by atoms with E-state index in [-0.39, 0.29) is 22.9 Å². The fraction of sp³-hybridized carbons (Fsp3) is 0.280. The molecule has 2 aromatic carbocycles. The molecule has 1 aliphatic heterocycles. The number of rotatable bonds is 8. The first-order valence-electron chi connectivity index (χ1n) is 11.8. The van der Waals surface area contributed by atoms with Gasteiger partial charge in [-0.2, -0.15) is 9.40 Å². The van der Waals surface area contributed by atoms with Crippen molar-refractivity contribution in [3.05, 3.63) is 88.6 Å². The molecule has 0 bridgehead atoms. The molecular formula is C25H26N6O5S. The van der Waals surface area contributed by atoms with E-state index in [4.69, 9.17) is 4.74 Å². The number of sulfonamides is 1. The van der Waals surface area contributed by atoms with Crippen molar-refractivity contribution in [2.24, 2.45) is 0 Å². The van der Waals surface area contributed by atoms with Crippen molar-refractivity contribution in [1.29, 1.82) is 0 Å². The quantitative estimate of drug-likeness (QED) is 0.367. The molecule has 1 aliphatic rings. The highest BCUT2D eigenvalue weighted by Gasteiger charge is 2.26. The summed E-state index contributed by atoms with van der Waals surface area (Å²) >= 11 is 0. The molecule has 11 nitrogen and oxygen atoms in total. The van der Waals surface area contributed by atoms with Gasteiger partial charge in [-0.15, -0.1) is 0 Å². The lowest BCUT2D eigenvalue weighted by molar-refractivity contribution is 0.0730. The van der Waals surface area contributed by atoms with Crippen LogP contribution in [0.1, 0.15) is 15.9 Å². The zero-order valence-electron chi connectivity index (χ0n) is 20.0. The second-order valence-corrected chi connectivity index (χ2v) is 10.5. The molecule has 0 spiro atoms. The molecule has 1 N–H and O–H groups in total. The SMILES string of the molecule is O=C(NCCn1ncc2c(=O)n(Cc3ccccc3)cnc21)c1ccc(S(=O)(=O)N2CCOCC2)cc1. The summed E-state index contributed by atoms with van der Waals surface area (Å²) in [4.78, 5) is 30.0. The number of nitrogens with one attached hydrogen (secondary N) is 1. The molecular weight excluding hydrogens is 496 g/mol. The average Bonchev–Trinajstić information content (AvgIpc) is 3.35. The maximum Gasteiger partial charge on any atom is 0.264 e. The largest absolute Gasteiger partial charge is 0.379 e. The molecule has 192 valence electrons. The first kappa shape index (κ1) is 24.8. The van der Waals surface area contributed by atoms with Gasteiger partial charge < -0.3 is 10.1 Å². The summed E-state index contributed by atoms with van der Waals surface area (Å²) < 4.78 is 35.2. The molecule has 5 rings (SSSR count). The van der Waals surface area contributed by atoms with Gasteiger partial charge in [0.1, 0.15) is 11.7 Å². The maximum atomic E-state index is 12.9. The summed E-state index contributed by atoms with van der Waals surface area (Å²) in [6, 6.07) is 15.5. The monoisotopic (exact) mass is 522 g/mol. The van der Waals surface area contributed by atoms with Crippen LogP contribution in [0.3, 0.4) is 0 Å². The number of hydrogen-bond acceptors (Lipinski definition) is 7. The van der Waals surface area contributed by atoms with Gasteiger partial charge in [0.05, 0.1) is 37.4 Å². The molecule has 12 heteroatoms. The van der Waals surface area contributed by atoms with Gasteiger partial charge in [-0.25, -0.2) is 18.1 Å². The van der Waals surface area contributed by atoms with Crippen LogP contribution in [0.25, 0.3) is 11.0 Å². The maximum absolute atomic E-state index is 12.9. The third kappa shape index (κ3) is 5.31. The summed E-state index contributed by atoms with van der Waals surface area (Å²) in [6.07, 6.45) is 2.99. The normalized spacial score (nSPS) is 14.6. The molecule has 37 heavy (non-hydrogen) atoms. The van der Waals surface area contributed by atoms with Crippen molar-refractivity contribution in [2.75, 3.05) is 32.8 Å². The molecule has 0 aliphatic carbocycles. The minimum absolute atomic E-state index is 0.137. The Morgan fingerprint density at radius 3 is 2.49 bits per heavy atom. The van der Waals surface area contributed by atoms with Crippen molar-refractivity contribution >= 4 is 27.0 Å². The Kier molecular flexibility index (Phi) is 7.12. The summed E-state index contributed by atoms with van der Waals surface area (Å²) in [7, 11) is -3.62. The van der Waals surface area contributed by atoms with E-state index in [9.17, 15) is 18.0 Å². The third-order valence-corrected chi connectivity index (χ3v) is 8.06.